The second-order valence-corrected chi connectivity index (χ2v) is 6.14. The summed E-state index contributed by atoms with van der Waals surface area (Å²) in [6.45, 7) is 4.83. The molecule has 2 aliphatic heterocycles. The molecule has 102 valence electrons. The van der Waals surface area contributed by atoms with E-state index in [1.165, 1.54) is 0 Å². The van der Waals surface area contributed by atoms with E-state index in [0.717, 1.165) is 19.4 Å². The summed E-state index contributed by atoms with van der Waals surface area (Å²) in [6.07, 6.45) is 1.61. The lowest BCUT2D eigenvalue weighted by molar-refractivity contribution is -0.151. The molecule has 0 spiro atoms. The van der Waals surface area contributed by atoms with E-state index in [1.807, 2.05) is 13.8 Å². The highest BCUT2D eigenvalue weighted by molar-refractivity contribution is 8.00. The topological polar surface area (TPSA) is 69.6 Å². The van der Waals surface area contributed by atoms with Crippen LogP contribution in [-0.2, 0) is 9.59 Å². The van der Waals surface area contributed by atoms with E-state index in [0.29, 0.717) is 5.75 Å². The first-order chi connectivity index (χ1) is 8.56. The molecular formula is C12H20N2O3S. The van der Waals surface area contributed by atoms with Crippen LogP contribution >= 0.6 is 11.8 Å². The van der Waals surface area contributed by atoms with Gasteiger partial charge in [0.1, 0.15) is 6.04 Å². The number of aliphatic carboxylic acids is 1. The molecule has 2 heterocycles. The molecule has 5 nitrogen and oxygen atoms in total. The number of carboxylic acids is 1. The van der Waals surface area contributed by atoms with E-state index < -0.39 is 12.0 Å². The average Bonchev–Trinajstić information content (AvgIpc) is 2.93. The number of hydrogen-bond donors (Lipinski definition) is 2. The predicted octanol–water partition coefficient (Wildman–Crippen LogP) is 0.749. The molecule has 1 amide bonds. The van der Waals surface area contributed by atoms with Gasteiger partial charge in [-0.1, -0.05) is 6.92 Å². The molecule has 0 aliphatic carbocycles. The SMILES string of the molecule is CCC1SCC(C(=O)O)N1C(=O)C1CCNC1C. The Morgan fingerprint density at radius 2 is 2.22 bits per heavy atom. The molecule has 2 rings (SSSR count). The minimum Gasteiger partial charge on any atom is -0.480 e. The van der Waals surface area contributed by atoms with Crippen LogP contribution in [0.25, 0.3) is 0 Å². The van der Waals surface area contributed by atoms with Crippen molar-refractivity contribution < 1.29 is 14.7 Å². The van der Waals surface area contributed by atoms with Crippen molar-refractivity contribution in [2.45, 2.75) is 44.1 Å². The average molecular weight is 272 g/mol. The predicted molar refractivity (Wildman–Crippen MR) is 70.4 cm³/mol. The zero-order chi connectivity index (χ0) is 13.3. The molecule has 0 radical (unpaired) electrons. The molecule has 0 aromatic heterocycles. The summed E-state index contributed by atoms with van der Waals surface area (Å²) < 4.78 is 0. The first kappa shape index (κ1) is 13.7. The van der Waals surface area contributed by atoms with E-state index in [9.17, 15) is 14.7 Å². The maximum atomic E-state index is 12.6. The highest BCUT2D eigenvalue weighted by Crippen LogP contribution is 2.34. The number of rotatable bonds is 3. The molecule has 4 atom stereocenters. The lowest BCUT2D eigenvalue weighted by atomic mass is 9.99. The van der Waals surface area contributed by atoms with Gasteiger partial charge in [0.2, 0.25) is 5.91 Å². The van der Waals surface area contributed by atoms with E-state index in [-0.39, 0.29) is 23.2 Å². The van der Waals surface area contributed by atoms with E-state index in [1.54, 1.807) is 16.7 Å². The smallest absolute Gasteiger partial charge is 0.327 e. The van der Waals surface area contributed by atoms with Gasteiger partial charge in [-0.3, -0.25) is 4.79 Å². The Morgan fingerprint density at radius 3 is 2.72 bits per heavy atom. The number of thioether (sulfide) groups is 1. The van der Waals surface area contributed by atoms with Gasteiger partial charge < -0.3 is 15.3 Å². The minimum atomic E-state index is -0.884. The third kappa shape index (κ3) is 2.36. The van der Waals surface area contributed by atoms with Crippen molar-refractivity contribution in [3.8, 4) is 0 Å². The van der Waals surface area contributed by atoms with Crippen LogP contribution in [0.3, 0.4) is 0 Å². The van der Waals surface area contributed by atoms with Crippen LogP contribution in [0.5, 0.6) is 0 Å². The number of carbonyl (C=O) groups excluding carboxylic acids is 1. The summed E-state index contributed by atoms with van der Waals surface area (Å²) in [4.78, 5) is 25.4. The van der Waals surface area contributed by atoms with Gasteiger partial charge in [0, 0.05) is 11.8 Å². The van der Waals surface area contributed by atoms with E-state index in [2.05, 4.69) is 5.32 Å². The Labute approximate surface area is 111 Å². The lowest BCUT2D eigenvalue weighted by Gasteiger charge is -2.30. The van der Waals surface area contributed by atoms with Crippen LogP contribution in [0.1, 0.15) is 26.7 Å². The summed E-state index contributed by atoms with van der Waals surface area (Å²) in [5.74, 6) is -0.435. The third-order valence-corrected chi connectivity index (χ3v) is 5.28. The highest BCUT2D eigenvalue weighted by atomic mass is 32.2. The van der Waals surface area contributed by atoms with Crippen molar-refractivity contribution in [2.24, 2.45) is 5.92 Å². The summed E-state index contributed by atoms with van der Waals surface area (Å²) in [5.41, 5.74) is 0. The van der Waals surface area contributed by atoms with Gasteiger partial charge in [-0.25, -0.2) is 4.79 Å². The molecule has 0 saturated carbocycles. The van der Waals surface area contributed by atoms with Gasteiger partial charge in [0.15, 0.2) is 0 Å². The molecular weight excluding hydrogens is 252 g/mol. The molecule has 0 bridgehead atoms. The van der Waals surface area contributed by atoms with Crippen molar-refractivity contribution >= 4 is 23.6 Å². The number of hydrogen-bond acceptors (Lipinski definition) is 4. The zero-order valence-corrected chi connectivity index (χ0v) is 11.6. The molecule has 0 aromatic rings. The Balaban J connectivity index is 2.16. The van der Waals surface area contributed by atoms with Crippen molar-refractivity contribution in [3.05, 3.63) is 0 Å². The number of amides is 1. The fraction of sp³-hybridized carbons (Fsp3) is 0.833. The largest absolute Gasteiger partial charge is 0.480 e. The monoisotopic (exact) mass is 272 g/mol. The first-order valence-corrected chi connectivity index (χ1v) is 7.51. The lowest BCUT2D eigenvalue weighted by Crippen LogP contribution is -2.49. The van der Waals surface area contributed by atoms with Crippen LogP contribution in [0.15, 0.2) is 0 Å². The van der Waals surface area contributed by atoms with Crippen LogP contribution in [-0.4, -0.2) is 51.6 Å². The standard InChI is InChI=1S/C12H20N2O3S/c1-3-10-14(9(6-18-10)12(16)17)11(15)8-4-5-13-7(8)2/h7-10,13H,3-6H2,1-2H3,(H,16,17). The van der Waals surface area contributed by atoms with Gasteiger partial charge in [0.05, 0.1) is 11.3 Å². The van der Waals surface area contributed by atoms with Gasteiger partial charge >= 0.3 is 5.97 Å². The third-order valence-electron chi connectivity index (χ3n) is 3.82. The number of carboxylic acid groups (broad SMARTS) is 1. The van der Waals surface area contributed by atoms with Gasteiger partial charge in [-0.15, -0.1) is 11.8 Å². The maximum absolute atomic E-state index is 12.6. The Kier molecular flexibility index (Phi) is 4.17. The zero-order valence-electron chi connectivity index (χ0n) is 10.8. The van der Waals surface area contributed by atoms with E-state index in [4.69, 9.17) is 0 Å². The molecule has 2 saturated heterocycles. The van der Waals surface area contributed by atoms with Crippen molar-refractivity contribution in [1.82, 2.24) is 10.2 Å². The quantitative estimate of drug-likeness (QED) is 0.793. The maximum Gasteiger partial charge on any atom is 0.327 e. The molecule has 2 fully saturated rings. The molecule has 6 heteroatoms. The fourth-order valence-corrected chi connectivity index (χ4v) is 4.11. The Morgan fingerprint density at radius 1 is 1.50 bits per heavy atom. The van der Waals surface area contributed by atoms with Crippen molar-refractivity contribution in [3.63, 3.8) is 0 Å². The molecule has 2 aliphatic rings. The van der Waals surface area contributed by atoms with Gasteiger partial charge in [-0.05, 0) is 26.3 Å². The number of carbonyl (C=O) groups is 2. The molecule has 4 unspecified atom stereocenters. The molecule has 0 aromatic carbocycles. The Bertz CT molecular complexity index is 350. The number of nitrogens with zero attached hydrogens (tertiary/aromatic N) is 1. The highest BCUT2D eigenvalue weighted by Gasteiger charge is 2.44. The van der Waals surface area contributed by atoms with Crippen molar-refractivity contribution in [2.75, 3.05) is 12.3 Å². The minimum absolute atomic E-state index is 0.0109. The normalized spacial score (nSPS) is 36.0. The fourth-order valence-electron chi connectivity index (χ4n) is 2.75. The molecule has 18 heavy (non-hydrogen) atoms. The molecule has 2 N–H and O–H groups in total. The Hall–Kier alpha value is -0.750. The second-order valence-electron chi connectivity index (χ2n) is 4.93. The number of nitrogens with one attached hydrogen (secondary N) is 1. The van der Waals surface area contributed by atoms with Crippen LogP contribution in [0, 0.1) is 5.92 Å². The van der Waals surface area contributed by atoms with Crippen LogP contribution < -0.4 is 5.32 Å². The summed E-state index contributed by atoms with van der Waals surface area (Å²) in [5, 5.41) is 12.5. The summed E-state index contributed by atoms with van der Waals surface area (Å²) >= 11 is 1.58. The van der Waals surface area contributed by atoms with Crippen LogP contribution in [0.4, 0.5) is 0 Å². The van der Waals surface area contributed by atoms with Gasteiger partial charge in [-0.2, -0.15) is 0 Å². The second kappa shape index (κ2) is 5.48. The summed E-state index contributed by atoms with van der Waals surface area (Å²) in [7, 11) is 0. The van der Waals surface area contributed by atoms with Crippen LogP contribution in [0.2, 0.25) is 0 Å². The van der Waals surface area contributed by atoms with Gasteiger partial charge in [0.25, 0.3) is 0 Å². The van der Waals surface area contributed by atoms with E-state index >= 15 is 0 Å². The first-order valence-electron chi connectivity index (χ1n) is 6.46. The van der Waals surface area contributed by atoms with Crippen molar-refractivity contribution in [1.29, 1.82) is 0 Å². The summed E-state index contributed by atoms with van der Waals surface area (Å²) in [6, 6.07) is -0.504.